The number of furan rings is 1. The predicted molar refractivity (Wildman–Crippen MR) is 76.0 cm³/mol. The fourth-order valence-corrected chi connectivity index (χ4v) is 2.29. The van der Waals surface area contributed by atoms with E-state index in [9.17, 15) is 9.59 Å². The number of carbonyl (C=O) groups excluding carboxylic acids is 2. The fraction of sp³-hybridized carbons (Fsp3) is 0.467. The van der Waals surface area contributed by atoms with E-state index in [1.807, 2.05) is 4.90 Å². The number of anilines is 1. The van der Waals surface area contributed by atoms with Crippen LogP contribution in [0.2, 0.25) is 0 Å². The van der Waals surface area contributed by atoms with Crippen LogP contribution < -0.4 is 4.90 Å². The Labute approximate surface area is 127 Å². The quantitative estimate of drug-likeness (QED) is 0.463. The molecular weight excluding hydrogens is 290 g/mol. The highest BCUT2D eigenvalue weighted by atomic mass is 16.7. The van der Waals surface area contributed by atoms with E-state index in [1.165, 1.54) is 19.9 Å². The first kappa shape index (κ1) is 14.6. The van der Waals surface area contributed by atoms with E-state index in [4.69, 9.17) is 18.6 Å². The highest BCUT2D eigenvalue weighted by Crippen LogP contribution is 2.26. The molecule has 0 N–H and O–H groups in total. The summed E-state index contributed by atoms with van der Waals surface area (Å²) in [5.41, 5.74) is -0.179. The molecule has 2 aliphatic heterocycles. The number of hydrogen-bond acceptors (Lipinski definition) is 7. The van der Waals surface area contributed by atoms with Crippen LogP contribution in [0.5, 0.6) is 0 Å². The zero-order valence-corrected chi connectivity index (χ0v) is 12.5. The number of carbonyl (C=O) groups is 2. The van der Waals surface area contributed by atoms with Gasteiger partial charge in [0, 0.05) is 39.1 Å². The van der Waals surface area contributed by atoms with E-state index in [2.05, 4.69) is 0 Å². The Balaban J connectivity index is 1.79. The third kappa shape index (κ3) is 2.99. The summed E-state index contributed by atoms with van der Waals surface area (Å²) < 4.78 is 21.0. The zero-order valence-electron chi connectivity index (χ0n) is 12.5. The van der Waals surface area contributed by atoms with Gasteiger partial charge in [-0.2, -0.15) is 0 Å². The van der Waals surface area contributed by atoms with Gasteiger partial charge in [-0.15, -0.1) is 0 Å². The molecule has 7 heteroatoms. The first-order chi connectivity index (χ1) is 10.4. The van der Waals surface area contributed by atoms with Crippen molar-refractivity contribution < 1.29 is 28.2 Å². The lowest BCUT2D eigenvalue weighted by molar-refractivity contribution is -0.222. The van der Waals surface area contributed by atoms with Crippen molar-refractivity contribution in [2.75, 3.05) is 31.2 Å². The lowest BCUT2D eigenvalue weighted by Gasteiger charge is -2.29. The van der Waals surface area contributed by atoms with Crippen molar-refractivity contribution in [3.05, 3.63) is 23.5 Å². The van der Waals surface area contributed by atoms with Crippen molar-refractivity contribution in [1.82, 2.24) is 0 Å². The molecular formula is C15H17NO6. The topological polar surface area (TPSA) is 78.2 Å². The van der Waals surface area contributed by atoms with Gasteiger partial charge in [-0.3, -0.25) is 0 Å². The molecule has 0 saturated carbocycles. The average molecular weight is 307 g/mol. The summed E-state index contributed by atoms with van der Waals surface area (Å²) in [7, 11) is 0. The van der Waals surface area contributed by atoms with Gasteiger partial charge >= 0.3 is 11.9 Å². The monoisotopic (exact) mass is 307 g/mol. The molecule has 3 heterocycles. The van der Waals surface area contributed by atoms with Gasteiger partial charge in [0.15, 0.2) is 5.88 Å². The molecule has 0 atom stereocenters. The van der Waals surface area contributed by atoms with Crippen LogP contribution in [-0.4, -0.2) is 44.0 Å². The van der Waals surface area contributed by atoms with Gasteiger partial charge in [0.25, 0.3) is 5.79 Å². The minimum Gasteiger partial charge on any atom is -0.441 e. The van der Waals surface area contributed by atoms with Crippen molar-refractivity contribution >= 4 is 23.9 Å². The number of morpholine rings is 1. The van der Waals surface area contributed by atoms with Crippen LogP contribution in [0.15, 0.2) is 22.1 Å². The second-order valence-electron chi connectivity index (χ2n) is 5.51. The van der Waals surface area contributed by atoms with E-state index in [0.717, 1.165) is 13.1 Å². The van der Waals surface area contributed by atoms with Crippen molar-refractivity contribution in [3.8, 4) is 0 Å². The molecule has 22 heavy (non-hydrogen) atoms. The smallest absolute Gasteiger partial charge is 0.348 e. The van der Waals surface area contributed by atoms with Crippen LogP contribution in [0, 0.1) is 0 Å². The SMILES string of the molecule is CC1(C)OC(=O)C(=Cc2ccc(N3CCOCC3)o2)C(=O)O1. The molecule has 7 nitrogen and oxygen atoms in total. The van der Waals surface area contributed by atoms with E-state index >= 15 is 0 Å². The van der Waals surface area contributed by atoms with Gasteiger partial charge in [-0.05, 0) is 6.07 Å². The minimum absolute atomic E-state index is 0.179. The van der Waals surface area contributed by atoms with Crippen LogP contribution in [0.1, 0.15) is 19.6 Å². The molecule has 2 aliphatic rings. The summed E-state index contributed by atoms with van der Waals surface area (Å²) in [6, 6.07) is 3.49. The summed E-state index contributed by atoms with van der Waals surface area (Å²) in [4.78, 5) is 25.8. The van der Waals surface area contributed by atoms with E-state index in [1.54, 1.807) is 12.1 Å². The maximum absolute atomic E-state index is 11.9. The zero-order chi connectivity index (χ0) is 15.7. The van der Waals surface area contributed by atoms with Crippen LogP contribution >= 0.6 is 0 Å². The summed E-state index contributed by atoms with van der Waals surface area (Å²) in [6.45, 7) is 5.77. The Morgan fingerprint density at radius 2 is 1.73 bits per heavy atom. The molecule has 2 fully saturated rings. The second kappa shape index (κ2) is 5.49. The number of nitrogens with zero attached hydrogens (tertiary/aromatic N) is 1. The summed E-state index contributed by atoms with van der Waals surface area (Å²) in [5, 5.41) is 0. The molecule has 3 rings (SSSR count). The van der Waals surface area contributed by atoms with E-state index in [0.29, 0.717) is 24.9 Å². The van der Waals surface area contributed by atoms with Crippen LogP contribution in [0.25, 0.3) is 6.08 Å². The van der Waals surface area contributed by atoms with E-state index < -0.39 is 17.7 Å². The molecule has 2 saturated heterocycles. The molecule has 0 bridgehead atoms. The van der Waals surface area contributed by atoms with Gasteiger partial charge in [0.1, 0.15) is 11.3 Å². The molecule has 118 valence electrons. The minimum atomic E-state index is -1.24. The van der Waals surface area contributed by atoms with E-state index in [-0.39, 0.29) is 5.57 Å². The summed E-state index contributed by atoms with van der Waals surface area (Å²) >= 11 is 0. The maximum atomic E-state index is 11.9. The molecule has 0 aromatic carbocycles. The molecule has 0 amide bonds. The largest absolute Gasteiger partial charge is 0.441 e. The van der Waals surface area contributed by atoms with Gasteiger partial charge in [0.05, 0.1) is 13.2 Å². The van der Waals surface area contributed by atoms with Gasteiger partial charge < -0.3 is 23.5 Å². The van der Waals surface area contributed by atoms with Crippen molar-refractivity contribution in [3.63, 3.8) is 0 Å². The average Bonchev–Trinajstić information content (AvgIpc) is 2.91. The molecule has 1 aromatic heterocycles. The standard InChI is InChI=1S/C15H17NO6/c1-15(2)21-13(17)11(14(18)22-15)9-10-3-4-12(20-10)16-5-7-19-8-6-16/h3-4,9H,5-8H2,1-2H3. The number of ether oxygens (including phenoxy) is 3. The summed E-state index contributed by atoms with van der Waals surface area (Å²) in [5.74, 6) is -1.61. The first-order valence-electron chi connectivity index (χ1n) is 7.05. The van der Waals surface area contributed by atoms with Gasteiger partial charge in [0.2, 0.25) is 0 Å². The number of rotatable bonds is 2. The Morgan fingerprint density at radius 3 is 2.36 bits per heavy atom. The van der Waals surface area contributed by atoms with Crippen LogP contribution in [0.4, 0.5) is 5.88 Å². The first-order valence-corrected chi connectivity index (χ1v) is 7.05. The molecule has 0 spiro atoms. The van der Waals surface area contributed by atoms with Crippen LogP contribution in [-0.2, 0) is 23.8 Å². The van der Waals surface area contributed by atoms with Crippen molar-refractivity contribution in [1.29, 1.82) is 0 Å². The lowest BCUT2D eigenvalue weighted by atomic mass is 10.2. The number of hydrogen-bond donors (Lipinski definition) is 0. The number of cyclic esters (lactones) is 2. The third-order valence-electron chi connectivity index (χ3n) is 3.34. The van der Waals surface area contributed by atoms with Crippen molar-refractivity contribution in [2.24, 2.45) is 0 Å². The second-order valence-corrected chi connectivity index (χ2v) is 5.51. The molecule has 0 radical (unpaired) electrons. The predicted octanol–water partition coefficient (Wildman–Crippen LogP) is 1.34. The Bertz CT molecular complexity index is 602. The Hall–Kier alpha value is -2.28. The molecule has 0 aliphatic carbocycles. The van der Waals surface area contributed by atoms with Gasteiger partial charge in [-0.25, -0.2) is 9.59 Å². The maximum Gasteiger partial charge on any atom is 0.348 e. The molecule has 1 aromatic rings. The normalized spacial score (nSPS) is 21.4. The fourth-order valence-electron chi connectivity index (χ4n) is 2.29. The summed E-state index contributed by atoms with van der Waals surface area (Å²) in [6.07, 6.45) is 1.34. The third-order valence-corrected chi connectivity index (χ3v) is 3.34. The Morgan fingerprint density at radius 1 is 1.09 bits per heavy atom. The highest BCUT2D eigenvalue weighted by Gasteiger charge is 2.39. The lowest BCUT2D eigenvalue weighted by Crippen LogP contribution is -2.41. The van der Waals surface area contributed by atoms with Crippen LogP contribution in [0.3, 0.4) is 0 Å². The molecule has 0 unspecified atom stereocenters. The Kier molecular flexibility index (Phi) is 3.66. The highest BCUT2D eigenvalue weighted by molar-refractivity contribution is 6.18. The van der Waals surface area contributed by atoms with Gasteiger partial charge in [-0.1, -0.05) is 0 Å². The van der Waals surface area contributed by atoms with Crippen molar-refractivity contribution in [2.45, 2.75) is 19.6 Å². The number of esters is 2.